The summed E-state index contributed by atoms with van der Waals surface area (Å²) < 4.78 is 4.41. The molecule has 0 amide bonds. The topological polar surface area (TPSA) is 49.7 Å². The third-order valence-corrected chi connectivity index (χ3v) is 1.13. The van der Waals surface area contributed by atoms with Crippen molar-refractivity contribution in [3.8, 4) is 0 Å². The van der Waals surface area contributed by atoms with Gasteiger partial charge in [0.05, 0.1) is 0 Å². The molecule has 55 valence electrons. The smallest absolute Gasteiger partial charge is 0.449 e. The van der Waals surface area contributed by atoms with E-state index in [1.165, 1.54) is 7.48 Å². The molecule has 11 heavy (non-hydrogen) atoms. The lowest BCUT2D eigenvalue weighted by Gasteiger charge is -1.98. The van der Waals surface area contributed by atoms with Crippen molar-refractivity contribution in [1.29, 1.82) is 0 Å². The Bertz CT molecular complexity index is 202. The molecule has 3 nitrogen and oxygen atoms in total. The maximum Gasteiger partial charge on any atom is 0.618 e. The van der Waals surface area contributed by atoms with Gasteiger partial charge in [-0.2, -0.15) is 0 Å². The van der Waals surface area contributed by atoms with Gasteiger partial charge in [-0.3, -0.25) is 0 Å². The molecule has 0 unspecified atom stereocenters. The molecule has 1 rings (SSSR count). The van der Waals surface area contributed by atoms with Crippen molar-refractivity contribution >= 4 is 20.3 Å². The molecule has 1 aromatic rings. The first-order valence-electron chi connectivity index (χ1n) is 3.19. The molecule has 0 saturated heterocycles. The van der Waals surface area contributed by atoms with E-state index in [9.17, 15) is 0 Å². The summed E-state index contributed by atoms with van der Waals surface area (Å²) in [7, 11) is -0.458. The van der Waals surface area contributed by atoms with E-state index in [4.69, 9.17) is 10.0 Å². The molecule has 0 aromatic heterocycles. The Morgan fingerprint density at radius 3 is 2.36 bits per heavy atom. The van der Waals surface area contributed by atoms with Crippen LogP contribution in [0.25, 0.3) is 0 Å². The molecule has 0 saturated carbocycles. The molecule has 0 aliphatic carbocycles. The zero-order chi connectivity index (χ0) is 8.10. The van der Waals surface area contributed by atoms with Gasteiger partial charge in [0.1, 0.15) is 0 Å². The van der Waals surface area contributed by atoms with Crippen LogP contribution in [0.2, 0.25) is 0 Å². The second-order valence-corrected chi connectivity index (χ2v) is 1.99. The monoisotopic (exact) mass is 149 g/mol. The van der Waals surface area contributed by atoms with Gasteiger partial charge in [-0.15, -0.1) is 0 Å². The molecule has 0 aliphatic heterocycles. The summed E-state index contributed by atoms with van der Waals surface area (Å²) in [5, 5.41) is 16.6. The molecule has 0 atom stereocenters. The van der Waals surface area contributed by atoms with Crippen molar-refractivity contribution in [2.45, 2.75) is 0 Å². The number of hydrogen-bond donors (Lipinski definition) is 2. The minimum atomic E-state index is -1.74. The van der Waals surface area contributed by atoms with E-state index in [1.54, 1.807) is 12.1 Å². The highest BCUT2D eigenvalue weighted by Gasteiger charge is 2.08. The molecule has 0 fully saturated rings. The number of rotatable bonds is 3. The van der Waals surface area contributed by atoms with Gasteiger partial charge < -0.3 is 14.6 Å². The van der Waals surface area contributed by atoms with E-state index in [1.807, 2.05) is 18.2 Å². The van der Waals surface area contributed by atoms with Crippen LogP contribution in [0.3, 0.4) is 0 Å². The highest BCUT2D eigenvalue weighted by atomic mass is 16.6. The fourth-order valence-corrected chi connectivity index (χ4v) is 0.671. The number of benzene rings is 1. The molecule has 0 heterocycles. The summed E-state index contributed by atoms with van der Waals surface area (Å²) in [4.78, 5) is 0. The predicted molar refractivity (Wildman–Crippen MR) is 43.1 cm³/mol. The van der Waals surface area contributed by atoms with E-state index in [2.05, 4.69) is 4.57 Å². The van der Waals surface area contributed by atoms with Crippen LogP contribution in [0.15, 0.2) is 30.3 Å². The summed E-state index contributed by atoms with van der Waals surface area (Å²) in [5.74, 6) is 0. The first kappa shape index (κ1) is 8.33. The van der Waals surface area contributed by atoms with E-state index in [0.717, 1.165) is 5.46 Å². The Morgan fingerprint density at radius 2 is 1.82 bits per heavy atom. The zero-order valence-corrected chi connectivity index (χ0v) is 5.84. The molecular weight excluding hydrogens is 142 g/mol. The highest BCUT2D eigenvalue weighted by molar-refractivity contribution is 6.55. The third kappa shape index (κ3) is 3.23. The molecule has 2 N–H and O–H groups in total. The molecule has 0 bridgehead atoms. The average Bonchev–Trinajstić information content (AvgIpc) is 2.03. The Kier molecular flexibility index (Phi) is 3.16. The summed E-state index contributed by atoms with van der Waals surface area (Å²) >= 11 is 0. The van der Waals surface area contributed by atoms with E-state index in [0.29, 0.717) is 0 Å². The summed E-state index contributed by atoms with van der Waals surface area (Å²) in [6.07, 6.45) is 0. The normalized spacial score (nSPS) is 9.27. The van der Waals surface area contributed by atoms with Gasteiger partial charge in [0.25, 0.3) is 0 Å². The van der Waals surface area contributed by atoms with Gasteiger partial charge in [0, 0.05) is 0 Å². The Balaban J connectivity index is 2.39. The summed E-state index contributed by atoms with van der Waals surface area (Å²) in [6, 6.07) is 9.12. The van der Waals surface area contributed by atoms with Crippen LogP contribution in [-0.4, -0.2) is 24.9 Å². The maximum absolute atomic E-state index is 8.32. The van der Waals surface area contributed by atoms with Gasteiger partial charge in [0.2, 0.25) is 0 Å². The SMILES string of the molecule is OB(O)O[B]c1ccccc1. The lowest BCUT2D eigenvalue weighted by Crippen LogP contribution is -2.26. The quantitative estimate of drug-likeness (QED) is 0.537. The van der Waals surface area contributed by atoms with Crippen molar-refractivity contribution in [3.05, 3.63) is 30.3 Å². The van der Waals surface area contributed by atoms with Crippen LogP contribution in [0, 0.1) is 0 Å². The first-order chi connectivity index (χ1) is 5.29. The summed E-state index contributed by atoms with van der Waals surface area (Å²) in [5.41, 5.74) is 0.792. The van der Waals surface area contributed by atoms with Crippen molar-refractivity contribution in [1.82, 2.24) is 0 Å². The average molecular weight is 149 g/mol. The fraction of sp³-hybridized carbons (Fsp3) is 0. The van der Waals surface area contributed by atoms with Gasteiger partial charge in [-0.25, -0.2) is 0 Å². The van der Waals surface area contributed by atoms with Crippen LogP contribution >= 0.6 is 0 Å². The molecule has 1 radical (unpaired) electrons. The predicted octanol–water partition coefficient (Wildman–Crippen LogP) is -1.08. The van der Waals surface area contributed by atoms with Gasteiger partial charge in [-0.05, 0) is 0 Å². The van der Waals surface area contributed by atoms with Crippen LogP contribution in [-0.2, 0) is 4.57 Å². The largest absolute Gasteiger partial charge is 0.618 e. The van der Waals surface area contributed by atoms with Crippen LogP contribution < -0.4 is 5.46 Å². The third-order valence-electron chi connectivity index (χ3n) is 1.13. The summed E-state index contributed by atoms with van der Waals surface area (Å²) in [6.45, 7) is 0. The van der Waals surface area contributed by atoms with Crippen molar-refractivity contribution in [3.63, 3.8) is 0 Å². The maximum atomic E-state index is 8.32. The highest BCUT2D eigenvalue weighted by Crippen LogP contribution is 1.81. The Morgan fingerprint density at radius 1 is 1.18 bits per heavy atom. The molecule has 0 aliphatic rings. The second-order valence-electron chi connectivity index (χ2n) is 1.99. The van der Waals surface area contributed by atoms with Crippen LogP contribution in [0.1, 0.15) is 0 Å². The van der Waals surface area contributed by atoms with Crippen molar-refractivity contribution < 1.29 is 14.6 Å². The van der Waals surface area contributed by atoms with Gasteiger partial charge in [-0.1, -0.05) is 35.8 Å². The van der Waals surface area contributed by atoms with Crippen molar-refractivity contribution in [2.24, 2.45) is 0 Å². The molecule has 0 spiro atoms. The van der Waals surface area contributed by atoms with Crippen LogP contribution in [0.5, 0.6) is 0 Å². The van der Waals surface area contributed by atoms with Crippen LogP contribution in [0.4, 0.5) is 0 Å². The minimum Gasteiger partial charge on any atom is -0.449 e. The fourth-order valence-electron chi connectivity index (χ4n) is 0.671. The van der Waals surface area contributed by atoms with E-state index < -0.39 is 7.32 Å². The second kappa shape index (κ2) is 4.18. The molecular formula is C6H7B2O3. The standard InChI is InChI=1S/C6H7B2O3/c9-8(10)11-7-6-4-2-1-3-5-6/h1-5,9-10H. The Labute approximate surface area is 66.1 Å². The van der Waals surface area contributed by atoms with E-state index >= 15 is 0 Å². The lowest BCUT2D eigenvalue weighted by molar-refractivity contribution is 0.297. The molecule has 1 aromatic carbocycles. The number of hydrogen-bond acceptors (Lipinski definition) is 3. The van der Waals surface area contributed by atoms with Gasteiger partial charge >= 0.3 is 14.8 Å². The minimum absolute atomic E-state index is 0.792. The van der Waals surface area contributed by atoms with E-state index in [-0.39, 0.29) is 0 Å². The Hall–Kier alpha value is -0.770. The first-order valence-corrected chi connectivity index (χ1v) is 3.19. The zero-order valence-electron chi connectivity index (χ0n) is 5.84. The lowest BCUT2D eigenvalue weighted by atomic mass is 9.86. The van der Waals surface area contributed by atoms with Crippen molar-refractivity contribution in [2.75, 3.05) is 0 Å². The van der Waals surface area contributed by atoms with Gasteiger partial charge in [0.15, 0.2) is 0 Å². The molecule has 5 heteroatoms.